The summed E-state index contributed by atoms with van der Waals surface area (Å²) >= 11 is 0. The van der Waals surface area contributed by atoms with Crippen LogP contribution in [-0.2, 0) is 0 Å². The van der Waals surface area contributed by atoms with Gasteiger partial charge in [-0.2, -0.15) is 0 Å². The molecule has 0 amide bonds. The van der Waals surface area contributed by atoms with Crippen molar-refractivity contribution in [2.45, 2.75) is 45.3 Å². The van der Waals surface area contributed by atoms with Crippen molar-refractivity contribution in [3.63, 3.8) is 0 Å². The Kier molecular flexibility index (Phi) is 3.30. The highest BCUT2D eigenvalue weighted by atomic mass is 15.2. The maximum absolute atomic E-state index is 6.22. The number of hydrogen-bond donors (Lipinski definition) is 1. The second-order valence-electron chi connectivity index (χ2n) is 4.85. The first kappa shape index (κ1) is 11.6. The van der Waals surface area contributed by atoms with Gasteiger partial charge in [0.1, 0.15) is 0 Å². The van der Waals surface area contributed by atoms with Crippen molar-refractivity contribution in [1.29, 1.82) is 0 Å². The fourth-order valence-electron chi connectivity index (χ4n) is 2.62. The zero-order valence-corrected chi connectivity index (χ0v) is 10.4. The van der Waals surface area contributed by atoms with E-state index in [1.54, 1.807) is 0 Å². The molecule has 1 aromatic rings. The van der Waals surface area contributed by atoms with Crippen LogP contribution in [0.25, 0.3) is 0 Å². The van der Waals surface area contributed by atoms with E-state index in [1.807, 2.05) is 12.5 Å². The summed E-state index contributed by atoms with van der Waals surface area (Å²) in [4.78, 5) is 6.72. The van der Waals surface area contributed by atoms with Crippen molar-refractivity contribution in [2.75, 3.05) is 13.1 Å². The van der Waals surface area contributed by atoms with E-state index in [1.165, 1.54) is 5.69 Å². The number of hydrogen-bond acceptors (Lipinski definition) is 3. The van der Waals surface area contributed by atoms with Crippen LogP contribution in [0.1, 0.15) is 45.0 Å². The van der Waals surface area contributed by atoms with Gasteiger partial charge in [-0.1, -0.05) is 6.92 Å². The van der Waals surface area contributed by atoms with Gasteiger partial charge in [0.25, 0.3) is 0 Å². The first-order chi connectivity index (χ1) is 7.65. The average Bonchev–Trinajstić information content (AvgIpc) is 2.82. The number of likely N-dealkylation sites (tertiary alicyclic amines) is 1. The average molecular weight is 222 g/mol. The molecule has 0 aliphatic carbocycles. The number of likely N-dealkylation sites (N-methyl/N-ethyl adjacent to an activating group) is 1. The Morgan fingerprint density at radius 2 is 2.31 bits per heavy atom. The second kappa shape index (κ2) is 4.55. The van der Waals surface area contributed by atoms with Crippen molar-refractivity contribution in [1.82, 2.24) is 14.5 Å². The first-order valence-electron chi connectivity index (χ1n) is 6.16. The third-order valence-electron chi connectivity index (χ3n) is 3.51. The van der Waals surface area contributed by atoms with Crippen molar-refractivity contribution < 1.29 is 0 Å². The molecule has 0 radical (unpaired) electrons. The van der Waals surface area contributed by atoms with Crippen LogP contribution in [0.2, 0.25) is 0 Å². The summed E-state index contributed by atoms with van der Waals surface area (Å²) in [6, 6.07) is 1.04. The standard InChI is InChI=1S/C12H22N4/c1-4-15-6-5-10(13)12(15)11-7-14-8-16(11)9(2)3/h7-10,12H,4-6,13H2,1-3H3. The van der Waals surface area contributed by atoms with Gasteiger partial charge in [0.15, 0.2) is 0 Å². The Morgan fingerprint density at radius 3 is 2.94 bits per heavy atom. The molecule has 1 saturated heterocycles. The van der Waals surface area contributed by atoms with E-state index in [9.17, 15) is 0 Å². The zero-order chi connectivity index (χ0) is 11.7. The molecule has 1 aliphatic rings. The van der Waals surface area contributed by atoms with E-state index in [2.05, 4.69) is 35.2 Å². The fraction of sp³-hybridized carbons (Fsp3) is 0.750. The molecule has 2 unspecified atom stereocenters. The van der Waals surface area contributed by atoms with Gasteiger partial charge in [-0.05, 0) is 26.8 Å². The molecule has 2 heterocycles. The lowest BCUT2D eigenvalue weighted by Gasteiger charge is -2.27. The van der Waals surface area contributed by atoms with Crippen molar-refractivity contribution >= 4 is 0 Å². The van der Waals surface area contributed by atoms with E-state index < -0.39 is 0 Å². The monoisotopic (exact) mass is 222 g/mol. The van der Waals surface area contributed by atoms with Gasteiger partial charge in [0.05, 0.1) is 18.1 Å². The number of rotatable bonds is 3. The summed E-state index contributed by atoms with van der Waals surface area (Å²) in [5, 5.41) is 0. The van der Waals surface area contributed by atoms with Crippen LogP contribution >= 0.6 is 0 Å². The van der Waals surface area contributed by atoms with E-state index >= 15 is 0 Å². The van der Waals surface area contributed by atoms with Crippen LogP contribution in [0.3, 0.4) is 0 Å². The molecule has 1 aromatic heterocycles. The number of imidazole rings is 1. The SMILES string of the molecule is CCN1CCC(N)C1c1cncn1C(C)C. The maximum Gasteiger partial charge on any atom is 0.0951 e. The zero-order valence-electron chi connectivity index (χ0n) is 10.4. The number of nitrogens with two attached hydrogens (primary N) is 1. The number of aromatic nitrogens is 2. The minimum Gasteiger partial charge on any atom is -0.331 e. The second-order valence-corrected chi connectivity index (χ2v) is 4.85. The van der Waals surface area contributed by atoms with Crippen LogP contribution in [-0.4, -0.2) is 33.6 Å². The molecule has 0 spiro atoms. The summed E-state index contributed by atoms with van der Waals surface area (Å²) in [5.74, 6) is 0. The smallest absolute Gasteiger partial charge is 0.0951 e. The lowest BCUT2D eigenvalue weighted by atomic mass is 10.1. The minimum absolute atomic E-state index is 0.245. The summed E-state index contributed by atoms with van der Waals surface area (Å²) in [7, 11) is 0. The Labute approximate surface area is 97.4 Å². The Morgan fingerprint density at radius 1 is 1.56 bits per heavy atom. The fourth-order valence-corrected chi connectivity index (χ4v) is 2.62. The molecule has 16 heavy (non-hydrogen) atoms. The molecule has 2 rings (SSSR count). The van der Waals surface area contributed by atoms with Crippen molar-refractivity contribution in [3.8, 4) is 0 Å². The van der Waals surface area contributed by atoms with Gasteiger partial charge in [-0.3, -0.25) is 4.90 Å². The molecule has 1 aliphatic heterocycles. The molecular formula is C12H22N4. The van der Waals surface area contributed by atoms with Crippen molar-refractivity contribution in [3.05, 3.63) is 18.2 Å². The van der Waals surface area contributed by atoms with Crippen LogP contribution in [0, 0.1) is 0 Å². The van der Waals surface area contributed by atoms with Crippen LogP contribution < -0.4 is 5.73 Å². The Balaban J connectivity index is 2.31. The van der Waals surface area contributed by atoms with Crippen LogP contribution in [0.15, 0.2) is 12.5 Å². The van der Waals surface area contributed by atoms with E-state index in [0.29, 0.717) is 12.1 Å². The number of nitrogens with zero attached hydrogens (tertiary/aromatic N) is 3. The first-order valence-corrected chi connectivity index (χ1v) is 6.16. The van der Waals surface area contributed by atoms with E-state index in [4.69, 9.17) is 5.73 Å². The molecule has 4 heteroatoms. The molecule has 0 bridgehead atoms. The highest BCUT2D eigenvalue weighted by Crippen LogP contribution is 2.31. The van der Waals surface area contributed by atoms with Crippen LogP contribution in [0.4, 0.5) is 0 Å². The maximum atomic E-state index is 6.22. The predicted molar refractivity (Wildman–Crippen MR) is 65.2 cm³/mol. The van der Waals surface area contributed by atoms with E-state index in [0.717, 1.165) is 19.5 Å². The van der Waals surface area contributed by atoms with Gasteiger partial charge in [0, 0.05) is 24.8 Å². The van der Waals surface area contributed by atoms with Gasteiger partial charge >= 0.3 is 0 Å². The normalized spacial score (nSPS) is 26.8. The summed E-state index contributed by atoms with van der Waals surface area (Å²) in [6.45, 7) is 8.72. The van der Waals surface area contributed by atoms with Crippen molar-refractivity contribution in [2.24, 2.45) is 5.73 Å². The molecule has 0 aromatic carbocycles. The lowest BCUT2D eigenvalue weighted by molar-refractivity contribution is 0.248. The van der Waals surface area contributed by atoms with Gasteiger partial charge in [-0.25, -0.2) is 4.98 Å². The molecule has 0 saturated carbocycles. The molecule has 2 N–H and O–H groups in total. The highest BCUT2D eigenvalue weighted by molar-refractivity contribution is 5.12. The lowest BCUT2D eigenvalue weighted by Crippen LogP contribution is -2.33. The van der Waals surface area contributed by atoms with E-state index in [-0.39, 0.29) is 6.04 Å². The third-order valence-corrected chi connectivity index (χ3v) is 3.51. The molecule has 1 fully saturated rings. The topological polar surface area (TPSA) is 47.1 Å². The quantitative estimate of drug-likeness (QED) is 0.844. The van der Waals surface area contributed by atoms with Gasteiger partial charge in [-0.15, -0.1) is 0 Å². The molecular weight excluding hydrogens is 200 g/mol. The van der Waals surface area contributed by atoms with Gasteiger partial charge < -0.3 is 10.3 Å². The summed E-state index contributed by atoms with van der Waals surface area (Å²) in [5.41, 5.74) is 7.49. The van der Waals surface area contributed by atoms with Crippen LogP contribution in [0.5, 0.6) is 0 Å². The molecule has 4 nitrogen and oxygen atoms in total. The Hall–Kier alpha value is -0.870. The largest absolute Gasteiger partial charge is 0.331 e. The minimum atomic E-state index is 0.245. The highest BCUT2D eigenvalue weighted by Gasteiger charge is 2.34. The summed E-state index contributed by atoms with van der Waals surface area (Å²) < 4.78 is 2.23. The predicted octanol–water partition coefficient (Wildman–Crippen LogP) is 1.56. The molecule has 90 valence electrons. The summed E-state index contributed by atoms with van der Waals surface area (Å²) in [6.07, 6.45) is 4.97. The third kappa shape index (κ3) is 1.87. The van der Waals surface area contributed by atoms with Gasteiger partial charge in [0.2, 0.25) is 0 Å². The molecule has 2 atom stereocenters. The Bertz CT molecular complexity index is 345.